The third-order valence-corrected chi connectivity index (χ3v) is 11.8. The van der Waals surface area contributed by atoms with Gasteiger partial charge in [-0.05, 0) is 65.6 Å². The van der Waals surface area contributed by atoms with Crippen LogP contribution in [0.1, 0.15) is 64.1 Å². The highest BCUT2D eigenvalue weighted by molar-refractivity contribution is 6.25. The van der Waals surface area contributed by atoms with E-state index in [1.807, 2.05) is 62.4 Å². The van der Waals surface area contributed by atoms with E-state index in [1.54, 1.807) is 29.2 Å². The molecule has 3 heterocycles. The van der Waals surface area contributed by atoms with Crippen molar-refractivity contribution in [3.8, 4) is 22.9 Å². The van der Waals surface area contributed by atoms with Gasteiger partial charge >= 0.3 is 6.18 Å². The minimum Gasteiger partial charge on any atom is -0.480 e. The molecule has 0 aliphatic carbocycles. The highest BCUT2D eigenvalue weighted by atomic mass is 19.4. The van der Waals surface area contributed by atoms with Gasteiger partial charge in [-0.15, -0.1) is 0 Å². The summed E-state index contributed by atoms with van der Waals surface area (Å²) >= 11 is 0. The number of likely N-dealkylation sites (tertiary alicyclic amines) is 1. The SMILES string of the molecule is CC1(C)CN(Cc2ccc(-c3ccc(NCCOCCOCCOCCOCCNc4cccc5c4C(=O)N(C4CCC(=O)NC4=O)C5=O)cc3)cc2)C(=O)C1Oc1ccc(C#N)c(C(F)(F)F)c1. The largest absolute Gasteiger partial charge is 0.480 e. The van der Waals surface area contributed by atoms with Crippen LogP contribution in [0.5, 0.6) is 5.75 Å². The first-order chi connectivity index (χ1) is 33.1. The molecule has 0 radical (unpaired) electrons. The van der Waals surface area contributed by atoms with E-state index < -0.39 is 58.5 Å². The summed E-state index contributed by atoms with van der Waals surface area (Å²) in [5.74, 6) is -2.67. The Balaban J connectivity index is 0.712. The summed E-state index contributed by atoms with van der Waals surface area (Å²) in [5.41, 5.74) is 2.38. The average Bonchev–Trinajstić information content (AvgIpc) is 3.70. The van der Waals surface area contributed by atoms with Crippen LogP contribution in [0.3, 0.4) is 0 Å². The van der Waals surface area contributed by atoms with Crippen LogP contribution in [0, 0.1) is 16.7 Å². The van der Waals surface area contributed by atoms with Gasteiger partial charge in [0.2, 0.25) is 11.8 Å². The van der Waals surface area contributed by atoms with Crippen molar-refractivity contribution in [2.24, 2.45) is 5.41 Å². The molecule has 19 heteroatoms. The smallest absolute Gasteiger partial charge is 0.417 e. The lowest BCUT2D eigenvalue weighted by Gasteiger charge is -2.27. The van der Waals surface area contributed by atoms with Crippen LogP contribution < -0.4 is 20.7 Å². The fourth-order valence-corrected chi connectivity index (χ4v) is 8.31. The minimum absolute atomic E-state index is 0.0501. The second kappa shape index (κ2) is 22.5. The van der Waals surface area contributed by atoms with Gasteiger partial charge in [0.1, 0.15) is 11.8 Å². The summed E-state index contributed by atoms with van der Waals surface area (Å²) in [6.07, 6.45) is -5.60. The van der Waals surface area contributed by atoms with Gasteiger partial charge in [0.15, 0.2) is 6.10 Å². The zero-order valence-electron chi connectivity index (χ0n) is 38.2. The van der Waals surface area contributed by atoms with Crippen LogP contribution in [0.25, 0.3) is 11.1 Å². The topological polar surface area (TPSA) is 198 Å². The first kappa shape index (κ1) is 50.0. The van der Waals surface area contributed by atoms with Crippen molar-refractivity contribution in [1.82, 2.24) is 15.1 Å². The molecule has 0 saturated carbocycles. The van der Waals surface area contributed by atoms with Crippen LogP contribution >= 0.6 is 0 Å². The number of alkyl halides is 3. The number of hydrogen-bond donors (Lipinski definition) is 3. The molecule has 364 valence electrons. The number of benzene rings is 4. The molecule has 3 aliphatic heterocycles. The molecular weight excluding hydrogens is 902 g/mol. The molecule has 3 N–H and O–H groups in total. The van der Waals surface area contributed by atoms with Gasteiger partial charge in [0, 0.05) is 49.4 Å². The molecule has 16 nitrogen and oxygen atoms in total. The number of anilines is 2. The van der Waals surface area contributed by atoms with E-state index >= 15 is 0 Å². The quantitative estimate of drug-likeness (QED) is 0.0575. The molecule has 2 atom stereocenters. The monoisotopic (exact) mass is 954 g/mol. The second-order valence-electron chi connectivity index (χ2n) is 17.3. The van der Waals surface area contributed by atoms with Crippen molar-refractivity contribution in [3.63, 3.8) is 0 Å². The third-order valence-electron chi connectivity index (χ3n) is 11.8. The second-order valence-corrected chi connectivity index (χ2v) is 17.3. The van der Waals surface area contributed by atoms with E-state index in [0.717, 1.165) is 39.4 Å². The Labute approximate surface area is 397 Å². The van der Waals surface area contributed by atoms with E-state index in [-0.39, 0.29) is 35.6 Å². The molecule has 3 aliphatic rings. The zero-order chi connectivity index (χ0) is 49.1. The molecule has 2 saturated heterocycles. The van der Waals surface area contributed by atoms with Crippen molar-refractivity contribution in [2.75, 3.05) is 83.1 Å². The van der Waals surface area contributed by atoms with E-state index in [0.29, 0.717) is 84.7 Å². The Kier molecular flexibility index (Phi) is 16.3. The van der Waals surface area contributed by atoms with Crippen molar-refractivity contribution < 1.29 is 60.8 Å². The Hall–Kier alpha value is -6.85. The van der Waals surface area contributed by atoms with Crippen LogP contribution in [0.15, 0.2) is 84.9 Å². The number of hydrogen-bond acceptors (Lipinski definition) is 13. The van der Waals surface area contributed by atoms with Crippen molar-refractivity contribution in [1.29, 1.82) is 5.26 Å². The fraction of sp³-hybridized carbons (Fsp3) is 0.400. The number of amides is 5. The summed E-state index contributed by atoms with van der Waals surface area (Å²) in [5, 5.41) is 17.8. The number of rotatable bonds is 23. The summed E-state index contributed by atoms with van der Waals surface area (Å²) in [6.45, 7) is 8.42. The molecule has 0 spiro atoms. The minimum atomic E-state index is -4.74. The number of ether oxygens (including phenoxy) is 5. The van der Waals surface area contributed by atoms with Crippen LogP contribution in [-0.2, 0) is 46.1 Å². The van der Waals surface area contributed by atoms with Crippen molar-refractivity contribution >= 4 is 40.9 Å². The first-order valence-corrected chi connectivity index (χ1v) is 22.5. The van der Waals surface area contributed by atoms with Gasteiger partial charge in [-0.25, -0.2) is 0 Å². The van der Waals surface area contributed by atoms with Gasteiger partial charge in [0.25, 0.3) is 17.7 Å². The van der Waals surface area contributed by atoms with Gasteiger partial charge < -0.3 is 39.2 Å². The van der Waals surface area contributed by atoms with E-state index in [9.17, 15) is 37.1 Å². The van der Waals surface area contributed by atoms with E-state index in [4.69, 9.17) is 28.9 Å². The predicted molar refractivity (Wildman–Crippen MR) is 245 cm³/mol. The number of carbonyl (C=O) groups excluding carboxylic acids is 5. The number of nitrogens with one attached hydrogen (secondary N) is 3. The highest BCUT2D eigenvalue weighted by Crippen LogP contribution is 2.39. The van der Waals surface area contributed by atoms with Crippen LogP contribution in [0.2, 0.25) is 0 Å². The molecule has 2 fully saturated rings. The van der Waals surface area contributed by atoms with Crippen molar-refractivity contribution in [3.05, 3.63) is 113 Å². The molecule has 2 unspecified atom stereocenters. The Bertz CT molecular complexity index is 2550. The van der Waals surface area contributed by atoms with Crippen LogP contribution in [0.4, 0.5) is 24.5 Å². The standard InChI is InChI=1S/C50H53F3N6O10/c1-49(2)31-58(48(64)44(49)69-37-15-12-35(29-54)39(28-37)50(51,52)53)30-32-6-8-33(9-7-32)34-10-13-36(14-11-34)55-18-20-65-22-24-67-26-27-68-25-23-66-21-19-56-40-5-3-4-38-43(40)47(63)59(46(38)62)41-16-17-42(60)57-45(41)61/h3-15,28,41,44,55-56H,16-27,30-31H2,1-2H3,(H,57,60,61). The molecule has 5 amide bonds. The lowest BCUT2D eigenvalue weighted by atomic mass is 9.89. The lowest BCUT2D eigenvalue weighted by Crippen LogP contribution is -2.54. The summed E-state index contributed by atoms with van der Waals surface area (Å²) < 4.78 is 68.9. The molecule has 7 rings (SSSR count). The molecule has 4 aromatic carbocycles. The number of imide groups is 2. The molecule has 0 aromatic heterocycles. The van der Waals surface area contributed by atoms with Crippen LogP contribution in [-0.4, -0.2) is 124 Å². The number of halogens is 3. The van der Waals surface area contributed by atoms with E-state index in [2.05, 4.69) is 16.0 Å². The molecule has 0 bridgehead atoms. The third kappa shape index (κ3) is 12.4. The molecular formula is C50H53F3N6O10. The maximum absolute atomic E-state index is 13.5. The van der Waals surface area contributed by atoms with Crippen molar-refractivity contribution in [2.45, 2.75) is 51.6 Å². The Morgan fingerprint density at radius 1 is 0.768 bits per heavy atom. The Morgan fingerprint density at radius 2 is 1.38 bits per heavy atom. The molecule has 4 aromatic rings. The maximum Gasteiger partial charge on any atom is 0.417 e. The maximum atomic E-state index is 13.5. The van der Waals surface area contributed by atoms with Gasteiger partial charge in [0.05, 0.1) is 81.2 Å². The number of fused-ring (bicyclic) bond motifs is 1. The lowest BCUT2D eigenvalue weighted by molar-refractivity contribution is -0.138. The summed E-state index contributed by atoms with van der Waals surface area (Å²) in [4.78, 5) is 66.2. The first-order valence-electron chi connectivity index (χ1n) is 22.5. The van der Waals surface area contributed by atoms with Gasteiger partial charge in [-0.1, -0.05) is 56.3 Å². The Morgan fingerprint density at radius 3 is 1.99 bits per heavy atom. The predicted octanol–water partition coefficient (Wildman–Crippen LogP) is 6.05. The fourth-order valence-electron chi connectivity index (χ4n) is 8.31. The zero-order valence-corrected chi connectivity index (χ0v) is 38.2. The average molecular weight is 955 g/mol. The van der Waals surface area contributed by atoms with Gasteiger partial charge in [-0.3, -0.25) is 34.2 Å². The summed E-state index contributed by atoms with van der Waals surface area (Å²) in [7, 11) is 0. The number of nitriles is 1. The highest BCUT2D eigenvalue weighted by Gasteiger charge is 2.49. The van der Waals surface area contributed by atoms with Gasteiger partial charge in [-0.2, -0.15) is 18.4 Å². The van der Waals surface area contributed by atoms with E-state index in [1.165, 1.54) is 6.07 Å². The summed E-state index contributed by atoms with van der Waals surface area (Å²) in [6, 6.07) is 24.3. The number of carbonyl (C=O) groups is 5. The number of nitrogens with zero attached hydrogens (tertiary/aromatic N) is 3. The number of piperidine rings is 1. The normalized spacial score (nSPS) is 17.8. The molecule has 69 heavy (non-hydrogen) atoms.